The van der Waals surface area contributed by atoms with Crippen LogP contribution in [-0.4, -0.2) is 46.2 Å². The number of benzene rings is 2. The molecule has 3 rings (SSSR count). The number of aromatic nitrogens is 3. The highest BCUT2D eigenvalue weighted by atomic mass is 32.2. The maximum absolute atomic E-state index is 12.4. The number of methoxy groups -OCH3 is 1. The molecule has 0 radical (unpaired) electrons. The Morgan fingerprint density at radius 3 is 2.51 bits per heavy atom. The molecule has 0 spiro atoms. The monoisotopic (exact) mass is 496 g/mol. The second kappa shape index (κ2) is 13.9. The highest BCUT2D eigenvalue weighted by Crippen LogP contribution is 2.30. The van der Waals surface area contributed by atoms with Crippen LogP contribution in [0.5, 0.6) is 5.75 Å². The number of nitrogens with zero attached hydrogens (tertiary/aromatic N) is 3. The van der Waals surface area contributed by atoms with Crippen LogP contribution in [0.3, 0.4) is 0 Å². The van der Waals surface area contributed by atoms with Crippen molar-refractivity contribution in [2.24, 2.45) is 5.92 Å². The smallest absolute Gasteiger partial charge is 0.230 e. The molecule has 1 atom stereocenters. The highest BCUT2D eigenvalue weighted by molar-refractivity contribution is 7.99. The maximum Gasteiger partial charge on any atom is 0.230 e. The second-order valence-corrected chi connectivity index (χ2v) is 9.87. The first-order valence-electron chi connectivity index (χ1n) is 12.1. The number of para-hydroxylation sites is 1. The Labute approximate surface area is 212 Å². The van der Waals surface area contributed by atoms with Gasteiger partial charge in [-0.1, -0.05) is 74.1 Å². The van der Waals surface area contributed by atoms with E-state index in [-0.39, 0.29) is 24.3 Å². The van der Waals surface area contributed by atoms with Crippen LogP contribution in [0.25, 0.3) is 11.1 Å². The molecule has 0 saturated heterocycles. The molecule has 3 aromatic rings. The summed E-state index contributed by atoms with van der Waals surface area (Å²) in [6.07, 6.45) is 2.07. The predicted molar refractivity (Wildman–Crippen MR) is 141 cm³/mol. The number of nitrogens with one attached hydrogen (secondary N) is 1. The molecular weight excluding hydrogens is 460 g/mol. The van der Waals surface area contributed by atoms with Crippen LogP contribution < -0.4 is 10.1 Å². The Hall–Kier alpha value is -2.84. The van der Waals surface area contributed by atoms with E-state index in [1.165, 1.54) is 11.8 Å². The van der Waals surface area contributed by atoms with Gasteiger partial charge in [-0.3, -0.25) is 4.79 Å². The van der Waals surface area contributed by atoms with Crippen LogP contribution in [0, 0.1) is 5.92 Å². The zero-order valence-electron chi connectivity index (χ0n) is 21.1. The highest BCUT2D eigenvalue weighted by Gasteiger charge is 2.16. The molecular formula is C27H36N4O3S. The molecule has 1 aromatic heterocycles. The Kier molecular flexibility index (Phi) is 10.6. The standard InChI is InChI=1S/C27H36N4O3S/c1-20(2)14-15-21(3)28-26(32)19-35-27-30-29-25(31(27)16-17-33-4)18-34-24-13-9-8-12-23(24)22-10-6-5-7-11-22/h5-13,20-21H,14-19H2,1-4H3,(H,28,32). The zero-order valence-corrected chi connectivity index (χ0v) is 21.9. The third-order valence-corrected chi connectivity index (χ3v) is 6.52. The van der Waals surface area contributed by atoms with Gasteiger partial charge in [0.15, 0.2) is 11.0 Å². The first-order valence-corrected chi connectivity index (χ1v) is 13.1. The van der Waals surface area contributed by atoms with Gasteiger partial charge in [0.2, 0.25) is 5.91 Å². The molecule has 0 saturated carbocycles. The molecule has 0 fully saturated rings. The quantitative estimate of drug-likeness (QED) is 0.309. The van der Waals surface area contributed by atoms with Crippen molar-refractivity contribution in [3.63, 3.8) is 0 Å². The lowest BCUT2D eigenvalue weighted by atomic mass is 10.0. The van der Waals surface area contributed by atoms with Gasteiger partial charge in [0.25, 0.3) is 0 Å². The van der Waals surface area contributed by atoms with Gasteiger partial charge in [-0.15, -0.1) is 10.2 Å². The molecule has 1 heterocycles. The minimum Gasteiger partial charge on any atom is -0.485 e. The van der Waals surface area contributed by atoms with E-state index >= 15 is 0 Å². The third kappa shape index (κ3) is 8.40. The Morgan fingerprint density at radius 1 is 1.03 bits per heavy atom. The largest absolute Gasteiger partial charge is 0.485 e. The SMILES string of the molecule is COCCn1c(COc2ccccc2-c2ccccc2)nnc1SCC(=O)NC(C)CCC(C)C. The van der Waals surface area contributed by atoms with E-state index in [0.29, 0.717) is 30.1 Å². The van der Waals surface area contributed by atoms with Crippen molar-refractivity contribution >= 4 is 17.7 Å². The lowest BCUT2D eigenvalue weighted by Crippen LogP contribution is -2.34. The topological polar surface area (TPSA) is 78.3 Å². The molecule has 7 nitrogen and oxygen atoms in total. The van der Waals surface area contributed by atoms with Crippen LogP contribution in [0.15, 0.2) is 59.8 Å². The molecule has 2 aromatic carbocycles. The van der Waals surface area contributed by atoms with E-state index in [9.17, 15) is 4.79 Å². The molecule has 8 heteroatoms. The van der Waals surface area contributed by atoms with E-state index in [1.807, 2.05) is 47.0 Å². The summed E-state index contributed by atoms with van der Waals surface area (Å²) in [7, 11) is 1.66. The average molecular weight is 497 g/mol. The first-order chi connectivity index (χ1) is 17.0. The molecule has 0 aliphatic carbocycles. The van der Waals surface area contributed by atoms with E-state index in [0.717, 1.165) is 29.7 Å². The summed E-state index contributed by atoms with van der Waals surface area (Å²) in [6, 6.07) is 18.3. The average Bonchev–Trinajstić information content (AvgIpc) is 3.25. The van der Waals surface area contributed by atoms with Crippen LogP contribution in [0.1, 0.15) is 39.4 Å². The van der Waals surface area contributed by atoms with E-state index in [2.05, 4.69) is 48.4 Å². The first kappa shape index (κ1) is 26.8. The zero-order chi connectivity index (χ0) is 25.0. The molecule has 0 bridgehead atoms. The summed E-state index contributed by atoms with van der Waals surface area (Å²) >= 11 is 1.38. The minimum atomic E-state index is 0.00198. The van der Waals surface area contributed by atoms with Crippen molar-refractivity contribution < 1.29 is 14.3 Å². The van der Waals surface area contributed by atoms with Gasteiger partial charge in [0.05, 0.1) is 12.4 Å². The molecule has 0 aliphatic heterocycles. The van der Waals surface area contributed by atoms with Gasteiger partial charge < -0.3 is 19.4 Å². The number of thioether (sulfide) groups is 1. The van der Waals surface area contributed by atoms with Crippen molar-refractivity contribution in [1.29, 1.82) is 0 Å². The Bertz CT molecular complexity index is 1060. The number of ether oxygens (including phenoxy) is 2. The van der Waals surface area contributed by atoms with Crippen LogP contribution in [-0.2, 0) is 22.7 Å². The summed E-state index contributed by atoms with van der Waals surface area (Å²) in [5, 5.41) is 12.4. The number of hydrogen-bond donors (Lipinski definition) is 1. The van der Waals surface area contributed by atoms with Gasteiger partial charge in [0, 0.05) is 25.3 Å². The van der Waals surface area contributed by atoms with Crippen LogP contribution in [0.2, 0.25) is 0 Å². The molecule has 1 unspecified atom stereocenters. The summed E-state index contributed by atoms with van der Waals surface area (Å²) < 4.78 is 13.4. The molecule has 188 valence electrons. The Morgan fingerprint density at radius 2 is 1.77 bits per heavy atom. The lowest BCUT2D eigenvalue weighted by molar-refractivity contribution is -0.119. The van der Waals surface area contributed by atoms with Gasteiger partial charge in [-0.25, -0.2) is 0 Å². The van der Waals surface area contributed by atoms with Crippen molar-refractivity contribution in [1.82, 2.24) is 20.1 Å². The maximum atomic E-state index is 12.4. The van der Waals surface area contributed by atoms with Gasteiger partial charge in [-0.2, -0.15) is 0 Å². The molecule has 35 heavy (non-hydrogen) atoms. The summed E-state index contributed by atoms with van der Waals surface area (Å²) in [4.78, 5) is 12.4. The van der Waals surface area contributed by atoms with Crippen LogP contribution in [0.4, 0.5) is 0 Å². The molecule has 1 N–H and O–H groups in total. The fourth-order valence-electron chi connectivity index (χ4n) is 3.63. The van der Waals surface area contributed by atoms with Gasteiger partial charge >= 0.3 is 0 Å². The van der Waals surface area contributed by atoms with E-state index in [1.54, 1.807) is 7.11 Å². The van der Waals surface area contributed by atoms with Crippen LogP contribution >= 0.6 is 11.8 Å². The Balaban J connectivity index is 1.64. The predicted octanol–water partition coefficient (Wildman–Crippen LogP) is 5.20. The van der Waals surface area contributed by atoms with Crippen molar-refractivity contribution in [3.05, 3.63) is 60.4 Å². The molecule has 1 amide bonds. The third-order valence-electron chi connectivity index (χ3n) is 5.56. The number of hydrogen-bond acceptors (Lipinski definition) is 6. The summed E-state index contributed by atoms with van der Waals surface area (Å²) in [5.41, 5.74) is 2.11. The van der Waals surface area contributed by atoms with Crippen molar-refractivity contribution in [2.75, 3.05) is 19.5 Å². The van der Waals surface area contributed by atoms with E-state index in [4.69, 9.17) is 9.47 Å². The molecule has 0 aliphatic rings. The summed E-state index contributed by atoms with van der Waals surface area (Å²) in [5.74, 6) is 2.39. The second-order valence-electron chi connectivity index (χ2n) is 8.92. The number of rotatable bonds is 14. The van der Waals surface area contributed by atoms with Gasteiger partial charge in [-0.05, 0) is 37.3 Å². The number of carbonyl (C=O) groups is 1. The fraction of sp³-hybridized carbons (Fsp3) is 0.444. The minimum absolute atomic E-state index is 0.00198. The van der Waals surface area contributed by atoms with Crippen molar-refractivity contribution in [2.45, 2.75) is 58.0 Å². The summed E-state index contributed by atoms with van der Waals surface area (Å²) in [6.45, 7) is 7.79. The lowest BCUT2D eigenvalue weighted by Gasteiger charge is -2.15. The number of carbonyl (C=O) groups excluding carboxylic acids is 1. The normalized spacial score (nSPS) is 12.0. The fourth-order valence-corrected chi connectivity index (χ4v) is 4.43. The van der Waals surface area contributed by atoms with Gasteiger partial charge in [0.1, 0.15) is 12.4 Å². The number of amides is 1. The van der Waals surface area contributed by atoms with E-state index < -0.39 is 0 Å². The van der Waals surface area contributed by atoms with Crippen molar-refractivity contribution in [3.8, 4) is 16.9 Å².